The number of hydrogen-bond acceptors (Lipinski definition) is 5. The molecule has 7 heteroatoms. The number of nitrogens with zero attached hydrogens (tertiary/aromatic N) is 1. The standard InChI is InChI=1S/C26H24N2O4S/c1-17-9-8-12-20(25(17)27-18(2)29)26(31)32-15-24(30)28-21-13-6-7-14-23(21)33-16-22(28)19-10-4-3-5-11-19/h3-14,22H,15-16H2,1-2H3,(H,27,29). The van der Waals surface area contributed by atoms with Gasteiger partial charge < -0.3 is 10.1 Å². The van der Waals surface area contributed by atoms with Crippen LogP contribution >= 0.6 is 11.8 Å². The van der Waals surface area contributed by atoms with Gasteiger partial charge in [0.1, 0.15) is 0 Å². The van der Waals surface area contributed by atoms with Crippen LogP contribution in [0.4, 0.5) is 11.4 Å². The van der Waals surface area contributed by atoms with E-state index in [2.05, 4.69) is 5.32 Å². The molecule has 168 valence electrons. The maximum absolute atomic E-state index is 13.4. The Balaban J connectivity index is 1.57. The second-order valence-corrected chi connectivity index (χ2v) is 8.79. The average molecular weight is 461 g/mol. The van der Waals surface area contributed by atoms with Gasteiger partial charge in [-0.1, -0.05) is 54.6 Å². The molecule has 1 N–H and O–H groups in total. The third-order valence-electron chi connectivity index (χ3n) is 5.41. The number of aryl methyl sites for hydroxylation is 1. The van der Waals surface area contributed by atoms with Crippen molar-refractivity contribution in [1.82, 2.24) is 0 Å². The van der Waals surface area contributed by atoms with Gasteiger partial charge in [0.15, 0.2) is 6.61 Å². The first-order chi connectivity index (χ1) is 16.0. The molecule has 1 aliphatic heterocycles. The molecule has 1 unspecified atom stereocenters. The lowest BCUT2D eigenvalue weighted by atomic mass is 10.1. The van der Waals surface area contributed by atoms with Gasteiger partial charge in [0.2, 0.25) is 5.91 Å². The molecule has 0 fully saturated rings. The minimum absolute atomic E-state index is 0.175. The molecule has 1 aliphatic rings. The Morgan fingerprint density at radius 1 is 1.00 bits per heavy atom. The van der Waals surface area contributed by atoms with Crippen LogP contribution in [-0.2, 0) is 14.3 Å². The fourth-order valence-electron chi connectivity index (χ4n) is 3.87. The van der Waals surface area contributed by atoms with E-state index in [-0.39, 0.29) is 23.4 Å². The number of ether oxygens (including phenoxy) is 1. The monoisotopic (exact) mass is 460 g/mol. The first-order valence-corrected chi connectivity index (χ1v) is 11.6. The van der Waals surface area contributed by atoms with Crippen LogP contribution in [0.1, 0.15) is 34.5 Å². The van der Waals surface area contributed by atoms with E-state index in [0.29, 0.717) is 11.4 Å². The summed E-state index contributed by atoms with van der Waals surface area (Å²) in [6.45, 7) is 2.76. The number of nitrogens with one attached hydrogen (secondary N) is 1. The molecule has 0 saturated carbocycles. The summed E-state index contributed by atoms with van der Waals surface area (Å²) >= 11 is 1.70. The van der Waals surface area contributed by atoms with Crippen molar-refractivity contribution in [2.75, 3.05) is 22.6 Å². The van der Waals surface area contributed by atoms with Gasteiger partial charge in [-0.2, -0.15) is 0 Å². The zero-order valence-electron chi connectivity index (χ0n) is 18.4. The Hall–Kier alpha value is -3.58. The molecule has 33 heavy (non-hydrogen) atoms. The lowest BCUT2D eigenvalue weighted by Crippen LogP contribution is -2.41. The Kier molecular flexibility index (Phi) is 6.79. The molecule has 4 rings (SSSR count). The van der Waals surface area contributed by atoms with Crippen molar-refractivity contribution in [1.29, 1.82) is 0 Å². The second kappa shape index (κ2) is 9.92. The number of thioether (sulfide) groups is 1. The molecule has 0 aromatic heterocycles. The third-order valence-corrected chi connectivity index (χ3v) is 6.55. The van der Waals surface area contributed by atoms with Crippen molar-refractivity contribution in [3.8, 4) is 0 Å². The van der Waals surface area contributed by atoms with Crippen LogP contribution in [0.3, 0.4) is 0 Å². The van der Waals surface area contributed by atoms with Crippen molar-refractivity contribution in [3.63, 3.8) is 0 Å². The molecule has 6 nitrogen and oxygen atoms in total. The van der Waals surface area contributed by atoms with E-state index >= 15 is 0 Å². The summed E-state index contributed by atoms with van der Waals surface area (Å²) in [5.41, 5.74) is 3.16. The maximum atomic E-state index is 13.4. The smallest absolute Gasteiger partial charge is 0.340 e. The zero-order valence-corrected chi connectivity index (χ0v) is 19.2. The largest absolute Gasteiger partial charge is 0.452 e. The molecule has 0 spiro atoms. The van der Waals surface area contributed by atoms with E-state index in [9.17, 15) is 14.4 Å². The fraction of sp³-hybridized carbons (Fsp3) is 0.192. The molecule has 0 radical (unpaired) electrons. The van der Waals surface area contributed by atoms with E-state index in [0.717, 1.165) is 21.7 Å². The molecule has 3 aromatic rings. The molecule has 0 bridgehead atoms. The first-order valence-electron chi connectivity index (χ1n) is 10.6. The second-order valence-electron chi connectivity index (χ2n) is 7.72. The Bertz CT molecular complexity index is 1200. The molecule has 1 heterocycles. The third kappa shape index (κ3) is 4.93. The molecule has 0 saturated heterocycles. The molecule has 0 aliphatic carbocycles. The maximum Gasteiger partial charge on any atom is 0.340 e. The predicted octanol–water partition coefficient (Wildman–Crippen LogP) is 4.99. The average Bonchev–Trinajstić information content (AvgIpc) is 2.83. The SMILES string of the molecule is CC(=O)Nc1c(C)cccc1C(=O)OCC(=O)N1c2ccccc2SCC1c1ccccc1. The van der Waals surface area contributed by atoms with Gasteiger partial charge in [-0.25, -0.2) is 4.79 Å². The predicted molar refractivity (Wildman–Crippen MR) is 130 cm³/mol. The van der Waals surface area contributed by atoms with E-state index in [1.807, 2.05) is 54.6 Å². The summed E-state index contributed by atoms with van der Waals surface area (Å²) in [5.74, 6) is -0.557. The number of rotatable bonds is 5. The first kappa shape index (κ1) is 22.6. The summed E-state index contributed by atoms with van der Waals surface area (Å²) < 4.78 is 5.43. The summed E-state index contributed by atoms with van der Waals surface area (Å²) in [7, 11) is 0. The van der Waals surface area contributed by atoms with E-state index in [4.69, 9.17) is 4.74 Å². The van der Waals surface area contributed by atoms with Crippen LogP contribution in [0.2, 0.25) is 0 Å². The Labute approximate surface area is 196 Å². The number of anilines is 2. The van der Waals surface area contributed by atoms with Gasteiger partial charge in [-0.3, -0.25) is 14.5 Å². The lowest BCUT2D eigenvalue weighted by molar-refractivity contribution is -0.122. The number of hydrogen-bond donors (Lipinski definition) is 1. The van der Waals surface area contributed by atoms with Gasteiger partial charge in [-0.05, 0) is 36.2 Å². The minimum Gasteiger partial charge on any atom is -0.452 e. The number of fused-ring (bicyclic) bond motifs is 1. The Morgan fingerprint density at radius 2 is 1.73 bits per heavy atom. The van der Waals surface area contributed by atoms with Crippen molar-refractivity contribution < 1.29 is 19.1 Å². The lowest BCUT2D eigenvalue weighted by Gasteiger charge is -2.37. The van der Waals surface area contributed by atoms with Gasteiger partial charge >= 0.3 is 5.97 Å². The molecular weight excluding hydrogens is 436 g/mol. The molecule has 1 atom stereocenters. The number of carbonyl (C=O) groups is 3. The van der Waals surface area contributed by atoms with E-state index < -0.39 is 12.6 Å². The summed E-state index contributed by atoms with van der Waals surface area (Å²) in [6, 6.07) is 22.5. The number of benzene rings is 3. The van der Waals surface area contributed by atoms with Crippen molar-refractivity contribution in [2.45, 2.75) is 24.8 Å². The quantitative estimate of drug-likeness (QED) is 0.543. The van der Waals surface area contributed by atoms with E-state index in [1.165, 1.54) is 6.92 Å². The number of carbonyl (C=O) groups excluding carboxylic acids is 3. The highest BCUT2D eigenvalue weighted by Gasteiger charge is 2.33. The van der Waals surface area contributed by atoms with Crippen LogP contribution < -0.4 is 10.2 Å². The highest BCUT2D eigenvalue weighted by Crippen LogP contribution is 2.43. The zero-order chi connectivity index (χ0) is 23.4. The molecule has 3 aromatic carbocycles. The van der Waals surface area contributed by atoms with Crippen LogP contribution in [0, 0.1) is 6.92 Å². The number of amides is 2. The topological polar surface area (TPSA) is 75.7 Å². The van der Waals surface area contributed by atoms with Crippen molar-refractivity contribution in [2.24, 2.45) is 0 Å². The van der Waals surface area contributed by atoms with Gasteiger partial charge in [0, 0.05) is 17.6 Å². The van der Waals surface area contributed by atoms with Gasteiger partial charge in [-0.15, -0.1) is 11.8 Å². The normalized spacial score (nSPS) is 14.8. The van der Waals surface area contributed by atoms with Crippen molar-refractivity contribution in [3.05, 3.63) is 89.5 Å². The highest BCUT2D eigenvalue weighted by atomic mass is 32.2. The number of esters is 1. The molecule has 2 amide bonds. The van der Waals surface area contributed by atoms with Gasteiger partial charge in [0.05, 0.1) is 23.0 Å². The van der Waals surface area contributed by atoms with Crippen molar-refractivity contribution >= 4 is 40.9 Å². The van der Waals surface area contributed by atoms with Crippen LogP contribution in [0.25, 0.3) is 0 Å². The summed E-state index contributed by atoms with van der Waals surface area (Å²) in [6.07, 6.45) is 0. The molecular formula is C26H24N2O4S. The highest BCUT2D eigenvalue weighted by molar-refractivity contribution is 7.99. The Morgan fingerprint density at radius 3 is 2.48 bits per heavy atom. The minimum atomic E-state index is -0.660. The van der Waals surface area contributed by atoms with Gasteiger partial charge in [0.25, 0.3) is 5.91 Å². The summed E-state index contributed by atoms with van der Waals surface area (Å²) in [5, 5.41) is 2.68. The summed E-state index contributed by atoms with van der Waals surface area (Å²) in [4.78, 5) is 40.5. The van der Waals surface area contributed by atoms with Crippen LogP contribution in [0.5, 0.6) is 0 Å². The van der Waals surface area contributed by atoms with Crippen LogP contribution in [-0.4, -0.2) is 30.1 Å². The number of para-hydroxylation sites is 2. The van der Waals surface area contributed by atoms with E-state index in [1.54, 1.807) is 41.8 Å². The fourth-order valence-corrected chi connectivity index (χ4v) is 5.04. The van der Waals surface area contributed by atoms with Crippen LogP contribution in [0.15, 0.2) is 77.7 Å².